The van der Waals surface area contributed by atoms with Crippen LogP contribution < -0.4 is 11.1 Å². The quantitative estimate of drug-likeness (QED) is 0.176. The van der Waals surface area contributed by atoms with E-state index in [4.69, 9.17) is 4.98 Å². The number of anilines is 1. The van der Waals surface area contributed by atoms with Crippen LogP contribution in [-0.4, -0.2) is 45.1 Å². The number of rotatable bonds is 6. The van der Waals surface area contributed by atoms with Crippen molar-refractivity contribution in [2.24, 2.45) is 5.73 Å². The number of carbonyl (C=O) groups excluding carboxylic acids is 1. The maximum absolute atomic E-state index is 13.9. The fourth-order valence-electron chi connectivity index (χ4n) is 6.01. The molecule has 1 fully saturated rings. The van der Waals surface area contributed by atoms with Crippen molar-refractivity contribution in [1.82, 2.24) is 14.5 Å². The molecule has 2 heterocycles. The van der Waals surface area contributed by atoms with Gasteiger partial charge in [-0.15, -0.1) is 0 Å². The molecule has 0 aliphatic heterocycles. The zero-order valence-corrected chi connectivity index (χ0v) is 22.8. The van der Waals surface area contributed by atoms with E-state index >= 15 is 0 Å². The molecule has 0 unspecified atom stereocenters. The maximum atomic E-state index is 13.9. The van der Waals surface area contributed by atoms with Gasteiger partial charge in [0.15, 0.2) is 6.29 Å². The Bertz CT molecular complexity index is 1880. The molecule has 4 aromatic carbocycles. The van der Waals surface area contributed by atoms with E-state index in [2.05, 4.69) is 38.8 Å². The van der Waals surface area contributed by atoms with Crippen LogP contribution in [0.25, 0.3) is 49.9 Å². The van der Waals surface area contributed by atoms with Crippen molar-refractivity contribution in [1.29, 1.82) is 0 Å². The Hall–Kier alpha value is -4.53. The number of nitrogens with zero attached hydrogens (tertiary/aromatic N) is 2. The highest BCUT2D eigenvalue weighted by molar-refractivity contribution is 6.15. The molecule has 0 amide bonds. The largest absolute Gasteiger partial charge is 0.388 e. The van der Waals surface area contributed by atoms with Crippen LogP contribution in [0, 0.1) is 5.82 Å². The molecule has 0 radical (unpaired) electrons. The normalized spacial score (nSPS) is 14.3. The molecule has 0 spiro atoms. The standard InChI is InChI=1S/C32H27FN4O2.CH5N/c33-21-11-13-25-27(16-21)36-31(35-25)24-7-5-9-29-30(24)23-6-1-2-8-28(23)37(29)22-12-10-20(18-38)26(17-22)34-19-32(39)14-3-4-15-32;1-2/h1-2,5-13,16-18,34,39H,3-4,14-15,19H2,(H,35,36);2H2,1H3. The summed E-state index contributed by atoms with van der Waals surface area (Å²) in [5, 5.41) is 16.3. The van der Waals surface area contributed by atoms with Crippen molar-refractivity contribution in [3.05, 3.63) is 90.2 Å². The van der Waals surface area contributed by atoms with Gasteiger partial charge in [0.2, 0.25) is 0 Å². The number of benzene rings is 4. The van der Waals surface area contributed by atoms with Gasteiger partial charge in [0.05, 0.1) is 27.7 Å². The SMILES string of the molecule is CN.O=Cc1ccc(-n2c3ccccc3c3c(-c4nc5ccc(F)cc5[nH]4)cccc32)cc1NCC1(O)CCCC1. The Labute approximate surface area is 236 Å². The number of para-hydroxylation sites is 1. The molecule has 1 saturated carbocycles. The summed E-state index contributed by atoms with van der Waals surface area (Å²) in [6.07, 6.45) is 4.41. The number of halogens is 1. The van der Waals surface area contributed by atoms with Gasteiger partial charge >= 0.3 is 0 Å². The lowest BCUT2D eigenvalue weighted by Gasteiger charge is -2.24. The molecule has 7 rings (SSSR count). The number of hydrogen-bond donors (Lipinski definition) is 4. The van der Waals surface area contributed by atoms with Crippen LogP contribution in [0.3, 0.4) is 0 Å². The Morgan fingerprint density at radius 3 is 2.61 bits per heavy atom. The van der Waals surface area contributed by atoms with Crippen LogP contribution >= 0.6 is 0 Å². The molecule has 41 heavy (non-hydrogen) atoms. The zero-order chi connectivity index (χ0) is 28.6. The predicted octanol–water partition coefficient (Wildman–Crippen LogP) is 6.57. The average molecular weight is 550 g/mol. The molecule has 0 saturated heterocycles. The van der Waals surface area contributed by atoms with Crippen molar-refractivity contribution >= 4 is 44.8 Å². The van der Waals surface area contributed by atoms with Gasteiger partial charge in [-0.3, -0.25) is 4.79 Å². The summed E-state index contributed by atoms with van der Waals surface area (Å²) in [4.78, 5) is 19.9. The van der Waals surface area contributed by atoms with E-state index in [1.165, 1.54) is 19.2 Å². The minimum atomic E-state index is -0.743. The Morgan fingerprint density at radius 1 is 1.02 bits per heavy atom. The number of H-pyrrole nitrogens is 1. The second-order valence-corrected chi connectivity index (χ2v) is 10.5. The van der Waals surface area contributed by atoms with Crippen LogP contribution in [0.15, 0.2) is 78.9 Å². The number of carbonyl (C=O) groups is 1. The molecule has 0 bridgehead atoms. The topological polar surface area (TPSA) is 109 Å². The molecule has 208 valence electrons. The van der Waals surface area contributed by atoms with Gasteiger partial charge in [-0.05, 0) is 68.4 Å². The van der Waals surface area contributed by atoms with Crippen LogP contribution in [-0.2, 0) is 0 Å². The highest BCUT2D eigenvalue weighted by atomic mass is 19.1. The minimum absolute atomic E-state index is 0.309. The third-order valence-electron chi connectivity index (χ3n) is 7.96. The van der Waals surface area contributed by atoms with Crippen LogP contribution in [0.4, 0.5) is 10.1 Å². The first-order chi connectivity index (χ1) is 20.0. The number of imidazole rings is 1. The number of aldehydes is 1. The lowest BCUT2D eigenvalue weighted by molar-refractivity contribution is 0.0614. The number of aromatic nitrogens is 3. The van der Waals surface area contributed by atoms with Gasteiger partial charge < -0.3 is 25.7 Å². The summed E-state index contributed by atoms with van der Waals surface area (Å²) in [6.45, 7) is 0.404. The van der Waals surface area contributed by atoms with Gasteiger partial charge in [0.25, 0.3) is 0 Å². The first-order valence-corrected chi connectivity index (χ1v) is 13.8. The predicted molar refractivity (Wildman–Crippen MR) is 163 cm³/mol. The summed E-state index contributed by atoms with van der Waals surface area (Å²) in [5.74, 6) is 0.364. The van der Waals surface area contributed by atoms with E-state index in [0.717, 1.165) is 65.0 Å². The molecule has 2 aromatic heterocycles. The summed E-state index contributed by atoms with van der Waals surface area (Å²) >= 11 is 0. The van der Waals surface area contributed by atoms with Crippen molar-refractivity contribution in [3.8, 4) is 17.1 Å². The average Bonchev–Trinajstić information content (AvgIpc) is 3.72. The highest BCUT2D eigenvalue weighted by Crippen LogP contribution is 2.39. The number of aliphatic hydroxyl groups is 1. The molecule has 6 aromatic rings. The fourth-order valence-corrected chi connectivity index (χ4v) is 6.01. The lowest BCUT2D eigenvalue weighted by Crippen LogP contribution is -2.33. The number of fused-ring (bicyclic) bond motifs is 4. The van der Waals surface area contributed by atoms with Crippen molar-refractivity contribution in [2.75, 3.05) is 18.9 Å². The second kappa shape index (κ2) is 10.8. The van der Waals surface area contributed by atoms with E-state index in [1.807, 2.05) is 42.5 Å². The monoisotopic (exact) mass is 549 g/mol. The number of aromatic amines is 1. The molecule has 7 nitrogen and oxygen atoms in total. The molecule has 0 atom stereocenters. The van der Waals surface area contributed by atoms with E-state index < -0.39 is 5.60 Å². The molecular weight excluding hydrogens is 517 g/mol. The number of nitrogens with one attached hydrogen (secondary N) is 2. The maximum Gasteiger partial charge on any atom is 0.152 e. The molecule has 1 aliphatic carbocycles. The highest BCUT2D eigenvalue weighted by Gasteiger charge is 2.31. The first-order valence-electron chi connectivity index (χ1n) is 13.8. The summed E-state index contributed by atoms with van der Waals surface area (Å²) < 4.78 is 16.0. The van der Waals surface area contributed by atoms with Crippen molar-refractivity contribution in [2.45, 2.75) is 31.3 Å². The molecule has 5 N–H and O–H groups in total. The van der Waals surface area contributed by atoms with E-state index in [-0.39, 0.29) is 5.82 Å². The second-order valence-electron chi connectivity index (χ2n) is 10.5. The lowest BCUT2D eigenvalue weighted by atomic mass is 10.0. The summed E-state index contributed by atoms with van der Waals surface area (Å²) in [7, 11) is 1.50. The van der Waals surface area contributed by atoms with Gasteiger partial charge in [0.1, 0.15) is 11.6 Å². The van der Waals surface area contributed by atoms with E-state index in [0.29, 0.717) is 34.7 Å². The minimum Gasteiger partial charge on any atom is -0.388 e. The van der Waals surface area contributed by atoms with Crippen LogP contribution in [0.5, 0.6) is 0 Å². The summed E-state index contributed by atoms with van der Waals surface area (Å²) in [6, 6.07) is 24.6. The van der Waals surface area contributed by atoms with Gasteiger partial charge in [-0.25, -0.2) is 9.37 Å². The van der Waals surface area contributed by atoms with E-state index in [1.54, 1.807) is 6.07 Å². The Morgan fingerprint density at radius 2 is 1.80 bits per heavy atom. The fraction of sp³-hybridized carbons (Fsp3) is 0.212. The van der Waals surface area contributed by atoms with Crippen LogP contribution in [0.1, 0.15) is 36.0 Å². The van der Waals surface area contributed by atoms with Crippen LogP contribution in [0.2, 0.25) is 0 Å². The number of nitrogens with two attached hydrogens (primary N) is 1. The first kappa shape index (κ1) is 26.7. The van der Waals surface area contributed by atoms with Gasteiger partial charge in [0, 0.05) is 39.8 Å². The van der Waals surface area contributed by atoms with Gasteiger partial charge in [-0.2, -0.15) is 0 Å². The third-order valence-corrected chi connectivity index (χ3v) is 7.96. The van der Waals surface area contributed by atoms with Crippen molar-refractivity contribution < 1.29 is 14.3 Å². The summed E-state index contributed by atoms with van der Waals surface area (Å²) in [5.41, 5.74) is 10.2. The number of hydrogen-bond acceptors (Lipinski definition) is 5. The zero-order valence-electron chi connectivity index (χ0n) is 22.8. The molecule has 8 heteroatoms. The Balaban J connectivity index is 0.00000148. The smallest absolute Gasteiger partial charge is 0.152 e. The third kappa shape index (κ3) is 4.75. The van der Waals surface area contributed by atoms with Gasteiger partial charge in [-0.1, -0.05) is 43.2 Å². The van der Waals surface area contributed by atoms with Crippen molar-refractivity contribution in [3.63, 3.8) is 0 Å². The molecule has 1 aliphatic rings. The Kier molecular flexibility index (Phi) is 7.03. The van der Waals surface area contributed by atoms with E-state index in [9.17, 15) is 14.3 Å². The molecular formula is C33H32FN5O2.